The highest BCUT2D eigenvalue weighted by Gasteiger charge is 2.21. The van der Waals surface area contributed by atoms with Gasteiger partial charge in [0.1, 0.15) is 6.61 Å². The van der Waals surface area contributed by atoms with Gasteiger partial charge >= 0.3 is 0 Å². The van der Waals surface area contributed by atoms with Crippen molar-refractivity contribution in [3.63, 3.8) is 0 Å². The fraction of sp³-hybridized carbons (Fsp3) is 0.368. The SMILES string of the molecule is CCOc1cc(CNC2CC2)c(Br)cc1OCc1ccc(Cl)cc1Cl. The van der Waals surface area contributed by atoms with Gasteiger partial charge in [0, 0.05) is 32.7 Å². The van der Waals surface area contributed by atoms with E-state index in [4.69, 9.17) is 32.7 Å². The summed E-state index contributed by atoms with van der Waals surface area (Å²) in [6.07, 6.45) is 2.53. The second kappa shape index (κ2) is 8.63. The number of nitrogens with one attached hydrogen (secondary N) is 1. The van der Waals surface area contributed by atoms with Crippen molar-refractivity contribution in [2.75, 3.05) is 6.61 Å². The maximum atomic E-state index is 6.22. The standard InChI is InChI=1S/C19H20BrCl2NO2/c1-2-24-18-7-13(10-23-15-5-6-15)16(20)9-19(18)25-11-12-3-4-14(21)8-17(12)22/h3-4,7-9,15,23H,2,5-6,10-11H2,1H3. The first-order valence-corrected chi connectivity index (χ1v) is 9.87. The summed E-state index contributed by atoms with van der Waals surface area (Å²) in [5.74, 6) is 1.43. The van der Waals surface area contributed by atoms with Crippen LogP contribution in [-0.2, 0) is 13.2 Å². The molecule has 3 nitrogen and oxygen atoms in total. The first-order valence-electron chi connectivity index (χ1n) is 8.32. The first kappa shape index (κ1) is 18.8. The fourth-order valence-corrected chi connectivity index (χ4v) is 3.36. The van der Waals surface area contributed by atoms with E-state index in [9.17, 15) is 0 Å². The van der Waals surface area contributed by atoms with E-state index >= 15 is 0 Å². The van der Waals surface area contributed by atoms with Crippen LogP contribution in [0.1, 0.15) is 30.9 Å². The van der Waals surface area contributed by atoms with Crippen LogP contribution in [0, 0.1) is 0 Å². The quantitative estimate of drug-likeness (QED) is 0.542. The second-order valence-corrected chi connectivity index (χ2v) is 7.70. The van der Waals surface area contributed by atoms with Gasteiger partial charge in [0.05, 0.1) is 6.61 Å². The Kier molecular flexibility index (Phi) is 6.50. The van der Waals surface area contributed by atoms with Gasteiger partial charge in [-0.05, 0) is 49.6 Å². The van der Waals surface area contributed by atoms with Gasteiger partial charge in [0.25, 0.3) is 0 Å². The molecule has 0 aromatic heterocycles. The van der Waals surface area contributed by atoms with Gasteiger partial charge in [-0.15, -0.1) is 0 Å². The molecule has 0 amide bonds. The van der Waals surface area contributed by atoms with Crippen molar-refractivity contribution >= 4 is 39.1 Å². The minimum Gasteiger partial charge on any atom is -0.490 e. The highest BCUT2D eigenvalue weighted by Crippen LogP contribution is 2.35. The van der Waals surface area contributed by atoms with E-state index in [-0.39, 0.29) is 0 Å². The highest BCUT2D eigenvalue weighted by molar-refractivity contribution is 9.10. The smallest absolute Gasteiger partial charge is 0.162 e. The Balaban J connectivity index is 1.75. The first-order chi connectivity index (χ1) is 12.1. The largest absolute Gasteiger partial charge is 0.490 e. The number of halogens is 3. The van der Waals surface area contributed by atoms with Gasteiger partial charge in [0.2, 0.25) is 0 Å². The molecular formula is C19H20BrCl2NO2. The molecule has 0 saturated heterocycles. The van der Waals surface area contributed by atoms with Crippen LogP contribution < -0.4 is 14.8 Å². The van der Waals surface area contributed by atoms with Gasteiger partial charge in [0.15, 0.2) is 11.5 Å². The molecule has 25 heavy (non-hydrogen) atoms. The minimum absolute atomic E-state index is 0.349. The molecule has 1 N–H and O–H groups in total. The Labute approximate surface area is 166 Å². The van der Waals surface area contributed by atoms with E-state index in [1.807, 2.05) is 25.1 Å². The normalized spacial score (nSPS) is 13.8. The van der Waals surface area contributed by atoms with Gasteiger partial charge < -0.3 is 14.8 Å². The van der Waals surface area contributed by atoms with E-state index in [0.29, 0.717) is 35.1 Å². The molecule has 1 aliphatic carbocycles. The van der Waals surface area contributed by atoms with Crippen molar-refractivity contribution in [2.45, 2.75) is 39.0 Å². The molecule has 0 aliphatic heterocycles. The van der Waals surface area contributed by atoms with Crippen LogP contribution in [0.4, 0.5) is 0 Å². The molecule has 0 spiro atoms. The molecule has 0 bridgehead atoms. The Bertz CT molecular complexity index is 750. The molecule has 3 rings (SSSR count). The number of rotatable bonds is 8. The van der Waals surface area contributed by atoms with Gasteiger partial charge in [-0.25, -0.2) is 0 Å². The van der Waals surface area contributed by atoms with Crippen molar-refractivity contribution in [3.8, 4) is 11.5 Å². The monoisotopic (exact) mass is 443 g/mol. The number of ether oxygens (including phenoxy) is 2. The maximum Gasteiger partial charge on any atom is 0.162 e. The molecule has 1 aliphatic rings. The Hall–Kier alpha value is -0.940. The van der Waals surface area contributed by atoms with Crippen molar-refractivity contribution in [1.29, 1.82) is 0 Å². The lowest BCUT2D eigenvalue weighted by Gasteiger charge is -2.16. The highest BCUT2D eigenvalue weighted by atomic mass is 79.9. The lowest BCUT2D eigenvalue weighted by molar-refractivity contribution is 0.269. The minimum atomic E-state index is 0.349. The van der Waals surface area contributed by atoms with Gasteiger partial charge in [-0.1, -0.05) is 45.2 Å². The van der Waals surface area contributed by atoms with Crippen LogP contribution in [0.3, 0.4) is 0 Å². The summed E-state index contributed by atoms with van der Waals surface area (Å²) in [5.41, 5.74) is 2.04. The lowest BCUT2D eigenvalue weighted by atomic mass is 10.2. The van der Waals surface area contributed by atoms with Gasteiger partial charge in [-0.2, -0.15) is 0 Å². The second-order valence-electron chi connectivity index (χ2n) is 6.00. The van der Waals surface area contributed by atoms with Crippen LogP contribution >= 0.6 is 39.1 Å². The third-order valence-electron chi connectivity index (χ3n) is 3.97. The molecule has 0 unspecified atom stereocenters. The maximum absolute atomic E-state index is 6.22. The summed E-state index contributed by atoms with van der Waals surface area (Å²) in [4.78, 5) is 0. The van der Waals surface area contributed by atoms with Crippen molar-refractivity contribution in [2.24, 2.45) is 0 Å². The van der Waals surface area contributed by atoms with Crippen LogP contribution in [0.2, 0.25) is 10.0 Å². The van der Waals surface area contributed by atoms with E-state index in [1.54, 1.807) is 12.1 Å². The summed E-state index contributed by atoms with van der Waals surface area (Å²) in [6.45, 7) is 3.70. The molecule has 0 atom stereocenters. The van der Waals surface area contributed by atoms with Crippen LogP contribution in [0.15, 0.2) is 34.8 Å². The number of hydrogen-bond donors (Lipinski definition) is 1. The average Bonchev–Trinajstić information content (AvgIpc) is 3.39. The predicted octanol–water partition coefficient (Wildman–Crippen LogP) is 5.99. The topological polar surface area (TPSA) is 30.5 Å². The summed E-state index contributed by atoms with van der Waals surface area (Å²) in [7, 11) is 0. The molecule has 6 heteroatoms. The van der Waals surface area contributed by atoms with E-state index in [1.165, 1.54) is 12.8 Å². The van der Waals surface area contributed by atoms with E-state index < -0.39 is 0 Å². The Morgan fingerprint density at radius 2 is 1.84 bits per heavy atom. The molecule has 2 aromatic rings. The molecule has 1 saturated carbocycles. The summed E-state index contributed by atoms with van der Waals surface area (Å²) < 4.78 is 12.7. The average molecular weight is 445 g/mol. The Morgan fingerprint density at radius 3 is 2.52 bits per heavy atom. The third kappa shape index (κ3) is 5.27. The number of hydrogen-bond acceptors (Lipinski definition) is 3. The Morgan fingerprint density at radius 1 is 1.08 bits per heavy atom. The summed E-state index contributed by atoms with van der Waals surface area (Å²) in [6, 6.07) is 10.0. The molecule has 1 fully saturated rings. The van der Waals surface area contributed by atoms with Crippen LogP contribution in [-0.4, -0.2) is 12.6 Å². The van der Waals surface area contributed by atoms with Crippen LogP contribution in [0.25, 0.3) is 0 Å². The van der Waals surface area contributed by atoms with Crippen molar-refractivity contribution < 1.29 is 9.47 Å². The zero-order chi connectivity index (χ0) is 17.8. The molecule has 134 valence electrons. The summed E-state index contributed by atoms with van der Waals surface area (Å²) >= 11 is 15.8. The molecule has 0 radical (unpaired) electrons. The van der Waals surface area contributed by atoms with Crippen molar-refractivity contribution in [1.82, 2.24) is 5.32 Å². The van der Waals surface area contributed by atoms with E-state index in [2.05, 4.69) is 21.2 Å². The lowest BCUT2D eigenvalue weighted by Crippen LogP contribution is -2.15. The molecule has 2 aromatic carbocycles. The van der Waals surface area contributed by atoms with Gasteiger partial charge in [-0.3, -0.25) is 0 Å². The molecule has 0 heterocycles. The summed E-state index contributed by atoms with van der Waals surface area (Å²) in [5, 5.41) is 4.72. The zero-order valence-electron chi connectivity index (χ0n) is 14.0. The zero-order valence-corrected chi connectivity index (χ0v) is 17.0. The van der Waals surface area contributed by atoms with E-state index in [0.717, 1.165) is 27.9 Å². The fourth-order valence-electron chi connectivity index (χ4n) is 2.43. The van der Waals surface area contributed by atoms with Crippen LogP contribution in [0.5, 0.6) is 11.5 Å². The predicted molar refractivity (Wildman–Crippen MR) is 106 cm³/mol. The number of benzene rings is 2. The molecular weight excluding hydrogens is 425 g/mol. The third-order valence-corrected chi connectivity index (χ3v) is 5.29. The van der Waals surface area contributed by atoms with Crippen molar-refractivity contribution in [3.05, 3.63) is 56.0 Å².